The van der Waals surface area contributed by atoms with Crippen LogP contribution in [-0.2, 0) is 0 Å². The zero-order valence-corrected chi connectivity index (χ0v) is 18.2. The van der Waals surface area contributed by atoms with Crippen molar-refractivity contribution in [3.8, 4) is 39.5 Å². The second-order valence-corrected chi connectivity index (χ2v) is 7.57. The molecule has 0 saturated carbocycles. The highest BCUT2D eigenvalue weighted by Crippen LogP contribution is 2.37. The lowest BCUT2D eigenvalue weighted by atomic mass is 9.96. The first kappa shape index (κ1) is 23.4. The number of hydrogen-bond donors (Lipinski definition) is 0. The van der Waals surface area contributed by atoms with Crippen LogP contribution in [0.3, 0.4) is 0 Å². The topological polar surface area (TPSA) is 113 Å². The van der Waals surface area contributed by atoms with Crippen molar-refractivity contribution in [1.82, 2.24) is 0 Å². The van der Waals surface area contributed by atoms with Crippen LogP contribution in [-0.4, -0.2) is 7.11 Å². The third-order valence-corrected chi connectivity index (χ3v) is 4.73. The molecule has 0 radical (unpaired) electrons. The van der Waals surface area contributed by atoms with Gasteiger partial charge in [-0.1, -0.05) is 48.5 Å². The Morgan fingerprint density at radius 3 is 1.69 bits per heavy atom. The zero-order chi connectivity index (χ0) is 23.1. The molecule has 0 atom stereocenters. The van der Waals surface area contributed by atoms with E-state index in [1.807, 2.05) is 48.5 Å². The standard InChI is InChI=1S/C25H21O2.ClHO4/c1-18-23(19-9-5-3-6-10-19)17-24(20-13-15-22(26-2)16-14-20)27-25(18)21-11-7-4-8-12-21;2-1(3,4)5/h3-17H,1-2H3;(H,2,3,4,5)/q+1;/p-1. The first-order chi connectivity index (χ1) is 15.3. The van der Waals surface area contributed by atoms with Crippen molar-refractivity contribution in [2.75, 3.05) is 7.11 Å². The third kappa shape index (κ3) is 6.37. The summed E-state index contributed by atoms with van der Waals surface area (Å²) in [5.41, 5.74) is 5.57. The van der Waals surface area contributed by atoms with Crippen LogP contribution < -0.4 is 23.4 Å². The monoisotopic (exact) mass is 452 g/mol. The third-order valence-electron chi connectivity index (χ3n) is 4.73. The quantitative estimate of drug-likeness (QED) is 0.438. The molecule has 0 saturated heterocycles. The van der Waals surface area contributed by atoms with Crippen molar-refractivity contribution in [2.24, 2.45) is 0 Å². The van der Waals surface area contributed by atoms with Crippen molar-refractivity contribution in [2.45, 2.75) is 6.92 Å². The highest BCUT2D eigenvalue weighted by molar-refractivity contribution is 5.78. The summed E-state index contributed by atoms with van der Waals surface area (Å²) < 4.78 is 45.6. The van der Waals surface area contributed by atoms with Gasteiger partial charge < -0.3 is 4.74 Å². The molecule has 0 fully saturated rings. The molecule has 32 heavy (non-hydrogen) atoms. The van der Waals surface area contributed by atoms with Crippen LogP contribution in [0.15, 0.2) is 95.4 Å². The number of hydrogen-bond acceptors (Lipinski definition) is 5. The Kier molecular flexibility index (Phi) is 7.58. The second kappa shape index (κ2) is 10.4. The van der Waals surface area contributed by atoms with E-state index in [-0.39, 0.29) is 0 Å². The van der Waals surface area contributed by atoms with Crippen LogP contribution in [0.25, 0.3) is 33.8 Å². The van der Waals surface area contributed by atoms with E-state index in [4.69, 9.17) is 27.8 Å². The fourth-order valence-electron chi connectivity index (χ4n) is 3.26. The summed E-state index contributed by atoms with van der Waals surface area (Å²) in [6.07, 6.45) is 0. The van der Waals surface area contributed by atoms with Crippen LogP contribution in [0.2, 0.25) is 0 Å². The van der Waals surface area contributed by atoms with Gasteiger partial charge >= 0.3 is 11.5 Å². The molecule has 0 N–H and O–H groups in total. The second-order valence-electron chi connectivity index (χ2n) is 6.82. The molecule has 7 heteroatoms. The Labute approximate surface area is 188 Å². The molecule has 0 spiro atoms. The maximum atomic E-state index is 8.49. The predicted octanol–water partition coefficient (Wildman–Crippen LogP) is 2.12. The summed E-state index contributed by atoms with van der Waals surface area (Å²) in [6, 6.07) is 30.8. The molecule has 3 aromatic carbocycles. The zero-order valence-electron chi connectivity index (χ0n) is 17.5. The van der Waals surface area contributed by atoms with Gasteiger partial charge in [-0.15, -0.1) is 10.2 Å². The molecule has 0 bridgehead atoms. The van der Waals surface area contributed by atoms with Gasteiger partial charge in [0.2, 0.25) is 0 Å². The van der Waals surface area contributed by atoms with Gasteiger partial charge in [0.15, 0.2) is 0 Å². The van der Waals surface area contributed by atoms with Crippen molar-refractivity contribution in [1.29, 1.82) is 0 Å². The molecule has 1 aromatic heterocycles. The average Bonchev–Trinajstić information content (AvgIpc) is 2.79. The van der Waals surface area contributed by atoms with Crippen molar-refractivity contribution in [3.05, 3.63) is 96.6 Å². The highest BCUT2D eigenvalue weighted by Gasteiger charge is 2.24. The molecule has 164 valence electrons. The smallest absolute Gasteiger partial charge is 0.364 e. The van der Waals surface area contributed by atoms with E-state index in [0.717, 1.165) is 34.0 Å². The van der Waals surface area contributed by atoms with Crippen LogP contribution in [0.5, 0.6) is 5.75 Å². The van der Waals surface area contributed by atoms with Crippen LogP contribution in [0.1, 0.15) is 5.56 Å². The fourth-order valence-corrected chi connectivity index (χ4v) is 3.26. The van der Waals surface area contributed by atoms with E-state index in [1.165, 1.54) is 11.1 Å². The largest absolute Gasteiger partial charge is 0.497 e. The normalized spacial score (nSPS) is 10.8. The lowest BCUT2D eigenvalue weighted by Crippen LogP contribution is -2.68. The van der Waals surface area contributed by atoms with Gasteiger partial charge in [0.25, 0.3) is 0 Å². The minimum absolute atomic E-state index is 0.831. The molecule has 4 aromatic rings. The van der Waals surface area contributed by atoms with Crippen LogP contribution in [0.4, 0.5) is 0 Å². The lowest BCUT2D eigenvalue weighted by Gasteiger charge is -2.17. The SMILES string of the molecule is COc1ccc(-c2cc(-c3ccccc3)c(C)c(-c3ccccc3)[o+]2)cc1.[O-][Cl+3]([O-])([O-])[O-]. The minimum Gasteiger partial charge on any atom is -0.497 e. The molecule has 0 aliphatic rings. The van der Waals surface area contributed by atoms with Gasteiger partial charge in [0.05, 0.1) is 29.9 Å². The maximum absolute atomic E-state index is 8.49. The summed E-state index contributed by atoms with van der Waals surface area (Å²) in [4.78, 5) is 0. The molecule has 6 nitrogen and oxygen atoms in total. The molecular formula is C25H21ClO6. The van der Waals surface area contributed by atoms with E-state index < -0.39 is 10.2 Å². The number of halogens is 1. The maximum Gasteiger partial charge on any atom is 0.364 e. The van der Waals surface area contributed by atoms with E-state index in [9.17, 15) is 0 Å². The lowest BCUT2D eigenvalue weighted by molar-refractivity contribution is -2.00. The first-order valence-corrected chi connectivity index (χ1v) is 10.8. The van der Waals surface area contributed by atoms with Crippen LogP contribution >= 0.6 is 0 Å². The molecule has 0 aliphatic heterocycles. The summed E-state index contributed by atoms with van der Waals surface area (Å²) >= 11 is 0. The average molecular weight is 453 g/mol. The summed E-state index contributed by atoms with van der Waals surface area (Å²) in [5.74, 6) is 2.56. The highest BCUT2D eigenvalue weighted by atomic mass is 35.7. The van der Waals surface area contributed by atoms with E-state index in [1.54, 1.807) is 7.11 Å². The number of rotatable bonds is 4. The van der Waals surface area contributed by atoms with Gasteiger partial charge in [-0.05, 0) is 48.9 Å². The molecular weight excluding hydrogens is 432 g/mol. The van der Waals surface area contributed by atoms with Crippen molar-refractivity contribution < 1.29 is 38.0 Å². The molecule has 0 unspecified atom stereocenters. The number of ether oxygens (including phenoxy) is 1. The van der Waals surface area contributed by atoms with Gasteiger partial charge in [-0.25, -0.2) is 23.1 Å². The van der Waals surface area contributed by atoms with E-state index in [2.05, 4.69) is 49.4 Å². The Morgan fingerprint density at radius 1 is 0.688 bits per heavy atom. The Bertz CT molecular complexity index is 1070. The van der Waals surface area contributed by atoms with E-state index >= 15 is 0 Å². The van der Waals surface area contributed by atoms with Crippen LogP contribution in [0, 0.1) is 17.2 Å². The Balaban J connectivity index is 0.000000523. The van der Waals surface area contributed by atoms with Crippen molar-refractivity contribution in [3.63, 3.8) is 0 Å². The minimum atomic E-state index is -4.94. The first-order valence-electron chi connectivity index (χ1n) is 9.61. The predicted molar refractivity (Wildman–Crippen MR) is 111 cm³/mol. The summed E-state index contributed by atoms with van der Waals surface area (Å²) in [6.45, 7) is 2.12. The number of methoxy groups -OCH3 is 1. The van der Waals surface area contributed by atoms with E-state index in [0.29, 0.717) is 0 Å². The fraction of sp³-hybridized carbons (Fsp3) is 0.0800. The van der Waals surface area contributed by atoms with Gasteiger partial charge in [-0.2, -0.15) is 0 Å². The van der Waals surface area contributed by atoms with Crippen molar-refractivity contribution >= 4 is 0 Å². The van der Waals surface area contributed by atoms with Gasteiger partial charge in [0.1, 0.15) is 5.75 Å². The van der Waals surface area contributed by atoms with Gasteiger partial charge in [0, 0.05) is 5.56 Å². The summed E-state index contributed by atoms with van der Waals surface area (Å²) in [5, 5.41) is 0. The number of benzene rings is 3. The Hall–Kier alpha value is -3.26. The molecule has 4 rings (SSSR count). The molecule has 0 amide bonds. The summed E-state index contributed by atoms with van der Waals surface area (Å²) in [7, 11) is -3.27. The molecule has 0 aliphatic carbocycles. The van der Waals surface area contributed by atoms with Gasteiger partial charge in [-0.3, -0.25) is 0 Å². The molecule has 1 heterocycles. The Morgan fingerprint density at radius 2 is 1.19 bits per heavy atom.